The molecule has 0 saturated heterocycles. The van der Waals surface area contributed by atoms with Gasteiger partial charge in [-0.3, -0.25) is 0 Å². The van der Waals surface area contributed by atoms with Gasteiger partial charge in [-0.15, -0.1) is 0 Å². The van der Waals surface area contributed by atoms with E-state index in [1.165, 1.54) is 21.1 Å². The molecule has 2 unspecified atom stereocenters. The predicted octanol–water partition coefficient (Wildman–Crippen LogP) is 2.90. The maximum absolute atomic E-state index is 10.9. The Bertz CT molecular complexity index is 774. The van der Waals surface area contributed by atoms with Crippen molar-refractivity contribution in [2.45, 2.75) is 24.7 Å². The number of aliphatic hydroxyl groups is 2. The normalized spacial score (nSPS) is 25.7. The van der Waals surface area contributed by atoms with Crippen LogP contribution >= 0.6 is 23.2 Å². The number of halogens is 2. The van der Waals surface area contributed by atoms with Crippen molar-refractivity contribution in [3.63, 3.8) is 0 Å². The minimum atomic E-state index is -2.04. The fourth-order valence-electron chi connectivity index (χ4n) is 2.55. The summed E-state index contributed by atoms with van der Waals surface area (Å²) in [5.74, 6) is 5.04. The molecular weight excluding hydrogens is 379 g/mol. The Kier molecular flexibility index (Phi) is 6.62. The molecule has 1 aromatic rings. The van der Waals surface area contributed by atoms with Gasteiger partial charge in [0.1, 0.15) is 11.6 Å². The van der Waals surface area contributed by atoms with Crippen LogP contribution in [0.2, 0.25) is 0 Å². The van der Waals surface area contributed by atoms with Crippen molar-refractivity contribution in [2.75, 3.05) is 20.8 Å². The molecule has 0 saturated carbocycles. The van der Waals surface area contributed by atoms with Crippen molar-refractivity contribution < 1.29 is 24.4 Å². The van der Waals surface area contributed by atoms with Gasteiger partial charge in [0.2, 0.25) is 5.60 Å². The van der Waals surface area contributed by atoms with Crippen molar-refractivity contribution in [1.82, 2.24) is 0 Å². The minimum absolute atomic E-state index is 0.0503. The second kappa shape index (κ2) is 8.34. The van der Waals surface area contributed by atoms with Gasteiger partial charge < -0.3 is 24.4 Å². The fraction of sp³-hybridized carbons (Fsp3) is 0.368. The highest BCUT2D eigenvalue weighted by Crippen LogP contribution is 2.46. The first-order valence-electron chi connectivity index (χ1n) is 7.75. The average molecular weight is 399 g/mol. The number of methoxy groups -OCH3 is 2. The second-order valence-electron chi connectivity index (χ2n) is 5.76. The molecule has 1 aromatic carbocycles. The van der Waals surface area contributed by atoms with Crippen LogP contribution < -0.4 is 0 Å². The first kappa shape index (κ1) is 20.6. The van der Waals surface area contributed by atoms with Gasteiger partial charge in [0, 0.05) is 0 Å². The summed E-state index contributed by atoms with van der Waals surface area (Å²) in [6.07, 6.45) is 0. The summed E-state index contributed by atoms with van der Waals surface area (Å²) in [5, 5.41) is 21.1. The van der Waals surface area contributed by atoms with Crippen LogP contribution in [0, 0.1) is 11.8 Å². The molecule has 1 aliphatic carbocycles. The van der Waals surface area contributed by atoms with Gasteiger partial charge in [-0.1, -0.05) is 65.4 Å². The smallest absolute Gasteiger partial charge is 0.224 e. The molecule has 0 bridgehead atoms. The maximum atomic E-state index is 10.9. The molecule has 0 heterocycles. The van der Waals surface area contributed by atoms with Crippen LogP contribution in [0.25, 0.3) is 0 Å². The van der Waals surface area contributed by atoms with E-state index in [1.807, 2.05) is 30.3 Å². The van der Waals surface area contributed by atoms with E-state index in [0.29, 0.717) is 6.61 Å². The lowest BCUT2D eigenvalue weighted by molar-refractivity contribution is 0.0329. The van der Waals surface area contributed by atoms with Crippen molar-refractivity contribution in [1.29, 1.82) is 0 Å². The van der Waals surface area contributed by atoms with E-state index in [2.05, 4.69) is 11.8 Å². The van der Waals surface area contributed by atoms with Gasteiger partial charge >= 0.3 is 0 Å². The molecule has 0 fully saturated rings. The molecule has 0 aliphatic heterocycles. The Labute approximate surface area is 162 Å². The van der Waals surface area contributed by atoms with E-state index in [0.717, 1.165) is 5.56 Å². The highest BCUT2D eigenvalue weighted by atomic mass is 35.5. The first-order chi connectivity index (χ1) is 12.3. The van der Waals surface area contributed by atoms with Crippen LogP contribution in [0.4, 0.5) is 0 Å². The first-order valence-corrected chi connectivity index (χ1v) is 8.50. The zero-order valence-corrected chi connectivity index (χ0v) is 16.2. The molecule has 26 heavy (non-hydrogen) atoms. The highest BCUT2D eigenvalue weighted by Gasteiger charge is 2.52. The quantitative estimate of drug-likeness (QED) is 0.589. The standard InChI is InChI=1S/C19H20Cl2O5/c1-18(22)14(20)17(25-3)19(23,15(21)16(18)24-2)10-7-11-26-12-13-8-5-4-6-9-13/h4-6,8-9,22-23H,11-12H2,1-3H3. The summed E-state index contributed by atoms with van der Waals surface area (Å²) in [6, 6.07) is 9.60. The van der Waals surface area contributed by atoms with Crippen LogP contribution in [0.15, 0.2) is 51.9 Å². The summed E-state index contributed by atoms with van der Waals surface area (Å²) in [6.45, 7) is 1.81. The number of hydrogen-bond acceptors (Lipinski definition) is 5. The highest BCUT2D eigenvalue weighted by molar-refractivity contribution is 6.35. The maximum Gasteiger partial charge on any atom is 0.224 e. The van der Waals surface area contributed by atoms with Crippen LogP contribution in [-0.2, 0) is 20.8 Å². The Balaban J connectivity index is 2.23. The number of hydrogen-bond donors (Lipinski definition) is 2. The molecule has 0 spiro atoms. The minimum Gasteiger partial charge on any atom is -0.496 e. The Morgan fingerprint density at radius 3 is 2.19 bits per heavy atom. The fourth-order valence-corrected chi connectivity index (χ4v) is 3.25. The molecule has 5 nitrogen and oxygen atoms in total. The summed E-state index contributed by atoms with van der Waals surface area (Å²) < 4.78 is 15.8. The van der Waals surface area contributed by atoms with Crippen LogP contribution in [0.1, 0.15) is 12.5 Å². The lowest BCUT2D eigenvalue weighted by Crippen LogP contribution is -2.44. The van der Waals surface area contributed by atoms with Gasteiger partial charge in [0.25, 0.3) is 0 Å². The van der Waals surface area contributed by atoms with Crippen LogP contribution in [0.5, 0.6) is 0 Å². The third-order valence-electron chi connectivity index (χ3n) is 3.88. The predicted molar refractivity (Wildman–Crippen MR) is 99.2 cm³/mol. The number of rotatable bonds is 5. The number of ether oxygens (including phenoxy) is 3. The van der Waals surface area contributed by atoms with Gasteiger partial charge in [-0.2, -0.15) is 0 Å². The van der Waals surface area contributed by atoms with Gasteiger partial charge in [0.15, 0.2) is 17.1 Å². The molecule has 140 valence electrons. The SMILES string of the molecule is COC1=C(Cl)C(O)(C#CCOCc2ccccc2)C(OC)=C(Cl)C1(C)O. The zero-order valence-electron chi connectivity index (χ0n) is 14.7. The van der Waals surface area contributed by atoms with Gasteiger partial charge in [0.05, 0.1) is 25.9 Å². The summed E-state index contributed by atoms with van der Waals surface area (Å²) in [4.78, 5) is 0. The lowest BCUT2D eigenvalue weighted by Gasteiger charge is -2.37. The van der Waals surface area contributed by atoms with Crippen LogP contribution in [0.3, 0.4) is 0 Å². The van der Waals surface area contributed by atoms with Crippen molar-refractivity contribution in [3.05, 3.63) is 57.5 Å². The molecule has 0 aromatic heterocycles. The Morgan fingerprint density at radius 1 is 1.00 bits per heavy atom. The zero-order chi connectivity index (χ0) is 19.4. The monoisotopic (exact) mass is 398 g/mol. The second-order valence-corrected chi connectivity index (χ2v) is 6.51. The topological polar surface area (TPSA) is 68.2 Å². The summed E-state index contributed by atoms with van der Waals surface area (Å²) in [5.41, 5.74) is -2.78. The van der Waals surface area contributed by atoms with E-state index >= 15 is 0 Å². The van der Waals surface area contributed by atoms with E-state index in [1.54, 1.807) is 0 Å². The van der Waals surface area contributed by atoms with Crippen LogP contribution in [-0.4, -0.2) is 42.2 Å². The van der Waals surface area contributed by atoms with Crippen molar-refractivity contribution in [2.24, 2.45) is 0 Å². The molecule has 2 atom stereocenters. The largest absolute Gasteiger partial charge is 0.496 e. The summed E-state index contributed by atoms with van der Waals surface area (Å²) in [7, 11) is 2.61. The molecule has 0 amide bonds. The Hall–Kier alpha value is -1.68. The molecule has 2 rings (SSSR count). The number of benzene rings is 1. The van der Waals surface area contributed by atoms with E-state index in [9.17, 15) is 10.2 Å². The molecular formula is C19H20Cl2O5. The van der Waals surface area contributed by atoms with E-state index < -0.39 is 11.2 Å². The van der Waals surface area contributed by atoms with E-state index in [4.69, 9.17) is 37.4 Å². The van der Waals surface area contributed by atoms with Gasteiger partial charge in [-0.25, -0.2) is 0 Å². The summed E-state index contributed by atoms with van der Waals surface area (Å²) >= 11 is 12.4. The molecule has 0 radical (unpaired) electrons. The average Bonchev–Trinajstić information content (AvgIpc) is 2.62. The van der Waals surface area contributed by atoms with Crippen molar-refractivity contribution >= 4 is 23.2 Å². The molecule has 7 heteroatoms. The Morgan fingerprint density at radius 2 is 1.62 bits per heavy atom. The molecule has 2 N–H and O–H groups in total. The third kappa shape index (κ3) is 3.85. The van der Waals surface area contributed by atoms with E-state index in [-0.39, 0.29) is 28.2 Å². The third-order valence-corrected chi connectivity index (χ3v) is 4.86. The molecule has 1 aliphatic rings. The van der Waals surface area contributed by atoms with Crippen molar-refractivity contribution in [3.8, 4) is 11.8 Å². The van der Waals surface area contributed by atoms with Gasteiger partial charge in [-0.05, 0) is 12.5 Å². The lowest BCUT2D eigenvalue weighted by atomic mass is 9.86.